The lowest BCUT2D eigenvalue weighted by Crippen LogP contribution is -2.42. The molecule has 0 unspecified atom stereocenters. The Hall–Kier alpha value is -0.950. The van der Waals surface area contributed by atoms with E-state index >= 15 is 0 Å². The second-order valence-corrected chi connectivity index (χ2v) is 6.40. The summed E-state index contributed by atoms with van der Waals surface area (Å²) in [6.07, 6.45) is -0.320. The summed E-state index contributed by atoms with van der Waals surface area (Å²) in [7, 11) is -3.36. The molecule has 2 fully saturated rings. The summed E-state index contributed by atoms with van der Waals surface area (Å²) < 4.78 is 36.5. The van der Waals surface area contributed by atoms with Gasteiger partial charge in [0, 0.05) is 13.1 Å². The third-order valence-electron chi connectivity index (χ3n) is 3.20. The fraction of sp³-hybridized carbons (Fsp3) is 0.500. The van der Waals surface area contributed by atoms with Crippen molar-refractivity contribution in [2.75, 3.05) is 26.3 Å². The highest BCUT2D eigenvalue weighted by Crippen LogP contribution is 2.43. The summed E-state index contributed by atoms with van der Waals surface area (Å²) in [5.74, 6) is 0. The van der Waals surface area contributed by atoms with Crippen LogP contribution >= 0.6 is 0 Å². The van der Waals surface area contributed by atoms with Crippen LogP contribution in [0, 0.1) is 0 Å². The van der Waals surface area contributed by atoms with Crippen LogP contribution in [0.15, 0.2) is 30.3 Å². The zero-order valence-corrected chi connectivity index (χ0v) is 10.7. The average Bonchev–Trinajstić information content (AvgIpc) is 3.22. The molecule has 0 aromatic heterocycles. The van der Waals surface area contributed by atoms with Crippen molar-refractivity contribution >= 4 is 10.0 Å². The molecule has 0 bridgehead atoms. The molecule has 2 aliphatic heterocycles. The third kappa shape index (κ3) is 2.16. The first kappa shape index (κ1) is 12.1. The van der Waals surface area contributed by atoms with Crippen LogP contribution in [0.25, 0.3) is 0 Å². The van der Waals surface area contributed by atoms with Gasteiger partial charge in [0.1, 0.15) is 6.10 Å². The second-order valence-electron chi connectivity index (χ2n) is 4.39. The van der Waals surface area contributed by atoms with Gasteiger partial charge in [0.15, 0.2) is 0 Å². The lowest BCUT2D eigenvalue weighted by atomic mass is 10.2. The maximum atomic E-state index is 12.3. The first-order valence-corrected chi connectivity index (χ1v) is 7.47. The van der Waals surface area contributed by atoms with E-state index in [0.717, 1.165) is 5.56 Å². The van der Waals surface area contributed by atoms with Crippen molar-refractivity contribution in [3.8, 4) is 0 Å². The Morgan fingerprint density at radius 2 is 1.78 bits per heavy atom. The van der Waals surface area contributed by atoms with E-state index in [1.165, 1.54) is 4.31 Å². The zero-order chi connectivity index (χ0) is 12.6. The predicted octanol–water partition coefficient (Wildman–Crippen LogP) is 0.746. The molecule has 0 amide bonds. The number of epoxide rings is 1. The Morgan fingerprint density at radius 3 is 2.44 bits per heavy atom. The molecule has 6 heteroatoms. The highest BCUT2D eigenvalue weighted by atomic mass is 32.2. The van der Waals surface area contributed by atoms with E-state index < -0.39 is 15.5 Å². The molecule has 0 aliphatic carbocycles. The van der Waals surface area contributed by atoms with Gasteiger partial charge in [-0.1, -0.05) is 30.3 Å². The van der Waals surface area contributed by atoms with E-state index in [1.54, 1.807) is 0 Å². The van der Waals surface area contributed by atoms with Gasteiger partial charge < -0.3 is 9.47 Å². The number of morpholine rings is 1. The van der Waals surface area contributed by atoms with Crippen molar-refractivity contribution in [2.24, 2.45) is 0 Å². The molecule has 1 aromatic carbocycles. The molecule has 0 spiro atoms. The first-order valence-electron chi connectivity index (χ1n) is 5.97. The maximum Gasteiger partial charge on any atom is 0.244 e. The van der Waals surface area contributed by atoms with Gasteiger partial charge in [-0.15, -0.1) is 0 Å². The van der Waals surface area contributed by atoms with Gasteiger partial charge in [-0.3, -0.25) is 0 Å². The summed E-state index contributed by atoms with van der Waals surface area (Å²) in [5, 5.41) is 0. The van der Waals surface area contributed by atoms with Crippen LogP contribution in [0.4, 0.5) is 0 Å². The minimum atomic E-state index is -3.36. The van der Waals surface area contributed by atoms with Crippen LogP contribution in [0.1, 0.15) is 11.7 Å². The lowest BCUT2D eigenvalue weighted by molar-refractivity contribution is 0.0725. The van der Waals surface area contributed by atoms with Crippen LogP contribution in [0.2, 0.25) is 0 Å². The summed E-state index contributed by atoms with van der Waals surface area (Å²) in [4.78, 5) is 0. The van der Waals surface area contributed by atoms with Crippen molar-refractivity contribution < 1.29 is 17.9 Å². The first-order chi connectivity index (χ1) is 8.69. The van der Waals surface area contributed by atoms with Crippen LogP contribution in [0.3, 0.4) is 0 Å². The van der Waals surface area contributed by atoms with Gasteiger partial charge in [0.05, 0.1) is 13.2 Å². The quantitative estimate of drug-likeness (QED) is 0.760. The predicted molar refractivity (Wildman–Crippen MR) is 65.4 cm³/mol. The minimum Gasteiger partial charge on any atom is -0.379 e. The molecule has 2 saturated heterocycles. The van der Waals surface area contributed by atoms with E-state index in [-0.39, 0.29) is 6.10 Å². The minimum absolute atomic E-state index is 0.320. The molecule has 2 aliphatic rings. The van der Waals surface area contributed by atoms with Crippen molar-refractivity contribution in [3.05, 3.63) is 35.9 Å². The van der Waals surface area contributed by atoms with Gasteiger partial charge in [-0.05, 0) is 5.56 Å². The van der Waals surface area contributed by atoms with Crippen LogP contribution < -0.4 is 0 Å². The van der Waals surface area contributed by atoms with Gasteiger partial charge >= 0.3 is 0 Å². The monoisotopic (exact) mass is 269 g/mol. The van der Waals surface area contributed by atoms with Gasteiger partial charge in [0.25, 0.3) is 0 Å². The van der Waals surface area contributed by atoms with E-state index in [1.807, 2.05) is 30.3 Å². The fourth-order valence-corrected chi connectivity index (χ4v) is 3.83. The Kier molecular flexibility index (Phi) is 3.11. The molecule has 0 N–H and O–H groups in total. The molecule has 0 saturated carbocycles. The Balaban J connectivity index is 1.73. The fourth-order valence-electron chi connectivity index (χ4n) is 2.15. The molecule has 98 valence electrons. The van der Waals surface area contributed by atoms with Crippen LogP contribution in [-0.2, 0) is 19.5 Å². The molecule has 1 aromatic rings. The molecular formula is C12H15NO4S. The smallest absolute Gasteiger partial charge is 0.244 e. The molecule has 2 heterocycles. The molecule has 0 radical (unpaired) electrons. The highest BCUT2D eigenvalue weighted by molar-refractivity contribution is 7.89. The molecule has 18 heavy (non-hydrogen) atoms. The maximum absolute atomic E-state index is 12.3. The Bertz CT molecular complexity index is 510. The second kappa shape index (κ2) is 4.62. The number of ether oxygens (including phenoxy) is 2. The zero-order valence-electron chi connectivity index (χ0n) is 9.86. The molecule has 2 atom stereocenters. The number of hydrogen-bond donors (Lipinski definition) is 0. The van der Waals surface area contributed by atoms with E-state index in [0.29, 0.717) is 26.3 Å². The van der Waals surface area contributed by atoms with Crippen molar-refractivity contribution in [1.29, 1.82) is 0 Å². The lowest BCUT2D eigenvalue weighted by Gasteiger charge is -2.25. The summed E-state index contributed by atoms with van der Waals surface area (Å²) in [6, 6.07) is 9.45. The van der Waals surface area contributed by atoms with Crippen LogP contribution in [-0.4, -0.2) is 44.5 Å². The topological polar surface area (TPSA) is 59.1 Å². The molecule has 5 nitrogen and oxygen atoms in total. The summed E-state index contributed by atoms with van der Waals surface area (Å²) in [6.45, 7) is 1.76. The number of rotatable bonds is 3. The number of sulfonamides is 1. The standard InChI is InChI=1S/C12H15NO4S/c14-18(15,13-6-8-16-9-7-13)12-11(17-12)10-4-2-1-3-5-10/h1-5,11-12H,6-9H2/t11-,12-/m0/s1. The Morgan fingerprint density at radius 1 is 1.11 bits per heavy atom. The average molecular weight is 269 g/mol. The highest BCUT2D eigenvalue weighted by Gasteiger charge is 2.52. The normalized spacial score (nSPS) is 29.1. The van der Waals surface area contributed by atoms with Crippen LogP contribution in [0.5, 0.6) is 0 Å². The number of nitrogens with zero attached hydrogens (tertiary/aromatic N) is 1. The van der Waals surface area contributed by atoms with Crippen molar-refractivity contribution in [1.82, 2.24) is 4.31 Å². The largest absolute Gasteiger partial charge is 0.379 e. The number of hydrogen-bond acceptors (Lipinski definition) is 4. The summed E-state index contributed by atoms with van der Waals surface area (Å²) >= 11 is 0. The molecule has 3 rings (SSSR count). The van der Waals surface area contributed by atoms with Crippen molar-refractivity contribution in [3.63, 3.8) is 0 Å². The Labute approximate surface area is 106 Å². The van der Waals surface area contributed by atoms with Gasteiger partial charge in [-0.2, -0.15) is 4.31 Å². The SMILES string of the molecule is O=S(=O)([C@@H]1O[C@H]1c1ccccc1)N1CCOCC1. The van der Waals surface area contributed by atoms with E-state index in [9.17, 15) is 8.42 Å². The third-order valence-corrected chi connectivity index (χ3v) is 5.23. The molecular weight excluding hydrogens is 254 g/mol. The van der Waals surface area contributed by atoms with Gasteiger partial charge in [0.2, 0.25) is 15.5 Å². The van der Waals surface area contributed by atoms with Gasteiger partial charge in [-0.25, -0.2) is 8.42 Å². The van der Waals surface area contributed by atoms with E-state index in [2.05, 4.69) is 0 Å². The summed E-state index contributed by atoms with van der Waals surface area (Å²) in [5.41, 5.74) is 0.192. The van der Waals surface area contributed by atoms with E-state index in [4.69, 9.17) is 9.47 Å². The van der Waals surface area contributed by atoms with Crippen molar-refractivity contribution in [2.45, 2.75) is 11.5 Å². The number of benzene rings is 1.